The summed E-state index contributed by atoms with van der Waals surface area (Å²) in [7, 11) is 3.21. The molecule has 0 fully saturated rings. The highest BCUT2D eigenvalue weighted by atomic mass is 35.5. The molecule has 24 heavy (non-hydrogen) atoms. The number of halogens is 1. The predicted octanol–water partition coefficient (Wildman–Crippen LogP) is 4.44. The Bertz CT molecular complexity index is 661. The van der Waals surface area contributed by atoms with E-state index in [1.165, 1.54) is 5.56 Å². The molecule has 4 nitrogen and oxygen atoms in total. The Hall–Kier alpha value is -1.91. The summed E-state index contributed by atoms with van der Waals surface area (Å²) in [6.07, 6.45) is 1.00. The topological polar surface area (TPSA) is 39.7 Å². The molecular weight excluding hydrogens is 326 g/mol. The van der Waals surface area contributed by atoms with Crippen molar-refractivity contribution in [2.45, 2.75) is 26.4 Å². The molecular formula is C19H24ClNO3. The number of benzene rings is 2. The summed E-state index contributed by atoms with van der Waals surface area (Å²) < 4.78 is 16.2. The maximum atomic E-state index is 6.31. The fourth-order valence-corrected chi connectivity index (χ4v) is 2.56. The lowest BCUT2D eigenvalue weighted by atomic mass is 10.1. The number of hydrogen-bond acceptors (Lipinski definition) is 4. The molecule has 130 valence electrons. The normalized spacial score (nSPS) is 10.5. The number of rotatable bonds is 9. The van der Waals surface area contributed by atoms with E-state index in [1.807, 2.05) is 18.2 Å². The van der Waals surface area contributed by atoms with Crippen LogP contribution in [-0.2, 0) is 13.1 Å². The van der Waals surface area contributed by atoms with Crippen LogP contribution in [-0.4, -0.2) is 20.8 Å². The number of nitrogens with one attached hydrogen (secondary N) is 1. The van der Waals surface area contributed by atoms with Crippen LogP contribution in [0.3, 0.4) is 0 Å². The van der Waals surface area contributed by atoms with Crippen molar-refractivity contribution in [3.63, 3.8) is 0 Å². The predicted molar refractivity (Wildman–Crippen MR) is 97.3 cm³/mol. The first-order valence-corrected chi connectivity index (χ1v) is 8.38. The van der Waals surface area contributed by atoms with Crippen LogP contribution in [0.4, 0.5) is 0 Å². The zero-order valence-corrected chi connectivity index (χ0v) is 15.2. The van der Waals surface area contributed by atoms with E-state index in [0.29, 0.717) is 23.1 Å². The third-order valence-electron chi connectivity index (χ3n) is 3.57. The smallest absolute Gasteiger partial charge is 0.162 e. The summed E-state index contributed by atoms with van der Waals surface area (Å²) >= 11 is 6.31. The molecule has 0 saturated heterocycles. The van der Waals surface area contributed by atoms with Crippen LogP contribution in [0.5, 0.6) is 17.2 Å². The maximum absolute atomic E-state index is 6.31. The van der Waals surface area contributed by atoms with Gasteiger partial charge in [-0.25, -0.2) is 0 Å². The van der Waals surface area contributed by atoms with Crippen LogP contribution >= 0.6 is 11.6 Å². The van der Waals surface area contributed by atoms with Crippen LogP contribution < -0.4 is 19.5 Å². The lowest BCUT2D eigenvalue weighted by molar-refractivity contribution is 0.317. The van der Waals surface area contributed by atoms with E-state index in [2.05, 4.69) is 24.4 Å². The third-order valence-corrected chi connectivity index (χ3v) is 3.92. The molecule has 5 heteroatoms. The molecule has 0 saturated carbocycles. The molecule has 0 spiro atoms. The van der Waals surface area contributed by atoms with Crippen molar-refractivity contribution >= 4 is 11.6 Å². The molecule has 0 aliphatic carbocycles. The molecule has 0 radical (unpaired) electrons. The van der Waals surface area contributed by atoms with Gasteiger partial charge in [-0.1, -0.05) is 30.7 Å². The molecule has 1 N–H and O–H groups in total. The fraction of sp³-hybridized carbons (Fsp3) is 0.368. The average molecular weight is 350 g/mol. The van der Waals surface area contributed by atoms with Crippen molar-refractivity contribution in [2.75, 3.05) is 20.8 Å². The average Bonchev–Trinajstić information content (AvgIpc) is 2.61. The van der Waals surface area contributed by atoms with Gasteiger partial charge in [0.1, 0.15) is 5.75 Å². The Labute approximate surface area is 148 Å². The second kappa shape index (κ2) is 9.40. The lowest BCUT2D eigenvalue weighted by Gasteiger charge is -2.13. The summed E-state index contributed by atoms with van der Waals surface area (Å²) in [6.45, 7) is 4.20. The van der Waals surface area contributed by atoms with E-state index in [-0.39, 0.29) is 0 Å². The zero-order valence-electron chi connectivity index (χ0n) is 14.4. The summed E-state index contributed by atoms with van der Waals surface area (Å²) in [4.78, 5) is 0. The molecule has 0 aliphatic rings. The van der Waals surface area contributed by atoms with Crippen molar-refractivity contribution < 1.29 is 14.2 Å². The largest absolute Gasteiger partial charge is 0.494 e. The molecule has 2 aromatic rings. The second-order valence-corrected chi connectivity index (χ2v) is 5.81. The van der Waals surface area contributed by atoms with E-state index in [9.17, 15) is 0 Å². The van der Waals surface area contributed by atoms with Crippen molar-refractivity contribution in [1.82, 2.24) is 5.32 Å². The Balaban J connectivity index is 1.97. The summed E-state index contributed by atoms with van der Waals surface area (Å²) in [5.41, 5.74) is 2.13. The minimum atomic E-state index is 0.632. The molecule has 0 atom stereocenters. The highest BCUT2D eigenvalue weighted by Gasteiger charge is 2.09. The van der Waals surface area contributed by atoms with Gasteiger partial charge in [-0.2, -0.15) is 0 Å². The van der Waals surface area contributed by atoms with Gasteiger partial charge in [0.25, 0.3) is 0 Å². The van der Waals surface area contributed by atoms with E-state index in [4.69, 9.17) is 25.8 Å². The van der Waals surface area contributed by atoms with Crippen molar-refractivity contribution in [3.05, 3.63) is 52.5 Å². The van der Waals surface area contributed by atoms with Gasteiger partial charge in [-0.15, -0.1) is 0 Å². The molecule has 0 bridgehead atoms. The number of methoxy groups -OCH3 is 2. The van der Waals surface area contributed by atoms with Crippen LogP contribution in [0.15, 0.2) is 36.4 Å². The van der Waals surface area contributed by atoms with E-state index in [0.717, 1.165) is 30.9 Å². The maximum Gasteiger partial charge on any atom is 0.162 e. The van der Waals surface area contributed by atoms with E-state index < -0.39 is 0 Å². The molecule has 0 amide bonds. The lowest BCUT2D eigenvalue weighted by Crippen LogP contribution is -2.13. The Morgan fingerprint density at radius 1 is 1.00 bits per heavy atom. The first-order valence-electron chi connectivity index (χ1n) is 8.00. The number of ether oxygens (including phenoxy) is 3. The number of hydrogen-bond donors (Lipinski definition) is 1. The molecule has 0 unspecified atom stereocenters. The quantitative estimate of drug-likeness (QED) is 0.726. The van der Waals surface area contributed by atoms with Gasteiger partial charge in [0, 0.05) is 24.2 Å². The van der Waals surface area contributed by atoms with Gasteiger partial charge in [-0.3, -0.25) is 0 Å². The summed E-state index contributed by atoms with van der Waals surface area (Å²) in [5.74, 6) is 2.21. The fourth-order valence-electron chi connectivity index (χ4n) is 2.34. The summed E-state index contributed by atoms with van der Waals surface area (Å²) in [5, 5.41) is 4.05. The zero-order chi connectivity index (χ0) is 17.4. The summed E-state index contributed by atoms with van der Waals surface area (Å²) in [6, 6.07) is 11.8. The molecule has 0 heterocycles. The highest BCUT2D eigenvalue weighted by Crippen LogP contribution is 2.33. The van der Waals surface area contributed by atoms with Crippen molar-refractivity contribution in [2.24, 2.45) is 0 Å². The van der Waals surface area contributed by atoms with Crippen molar-refractivity contribution in [1.29, 1.82) is 0 Å². The minimum Gasteiger partial charge on any atom is -0.494 e. The standard InChI is InChI=1S/C19H24ClNO3/c1-4-8-24-16-7-5-6-14(9-16)12-21-13-15-10-18(22-2)19(23-3)11-17(15)20/h5-7,9-11,21H,4,8,12-13H2,1-3H3. The van der Waals surface area contributed by atoms with E-state index in [1.54, 1.807) is 20.3 Å². The molecule has 0 aromatic heterocycles. The SMILES string of the molecule is CCCOc1cccc(CNCc2cc(OC)c(OC)cc2Cl)c1. The van der Waals surface area contributed by atoms with Gasteiger partial charge >= 0.3 is 0 Å². The Morgan fingerprint density at radius 2 is 1.75 bits per heavy atom. The molecule has 0 aliphatic heterocycles. The first-order chi connectivity index (χ1) is 11.7. The second-order valence-electron chi connectivity index (χ2n) is 5.40. The first kappa shape index (κ1) is 18.4. The minimum absolute atomic E-state index is 0.632. The van der Waals surface area contributed by atoms with Crippen LogP contribution in [0.25, 0.3) is 0 Å². The highest BCUT2D eigenvalue weighted by molar-refractivity contribution is 6.31. The van der Waals surface area contributed by atoms with Gasteiger partial charge in [0.05, 0.1) is 20.8 Å². The Kier molecular flexibility index (Phi) is 7.22. The monoisotopic (exact) mass is 349 g/mol. The van der Waals surface area contributed by atoms with Gasteiger partial charge in [-0.05, 0) is 35.7 Å². The van der Waals surface area contributed by atoms with Gasteiger partial charge < -0.3 is 19.5 Å². The van der Waals surface area contributed by atoms with Gasteiger partial charge in [0.15, 0.2) is 11.5 Å². The molecule has 2 rings (SSSR count). The van der Waals surface area contributed by atoms with Crippen LogP contribution in [0.2, 0.25) is 5.02 Å². The van der Waals surface area contributed by atoms with Crippen LogP contribution in [0.1, 0.15) is 24.5 Å². The Morgan fingerprint density at radius 3 is 2.46 bits per heavy atom. The van der Waals surface area contributed by atoms with Crippen LogP contribution in [0, 0.1) is 0 Å². The van der Waals surface area contributed by atoms with Gasteiger partial charge in [0.2, 0.25) is 0 Å². The van der Waals surface area contributed by atoms with Crippen molar-refractivity contribution in [3.8, 4) is 17.2 Å². The third kappa shape index (κ3) is 5.05. The molecule has 2 aromatic carbocycles. The van der Waals surface area contributed by atoms with E-state index >= 15 is 0 Å².